The second-order valence-electron chi connectivity index (χ2n) is 8.33. The van der Waals surface area contributed by atoms with Gasteiger partial charge < -0.3 is 19.7 Å². The van der Waals surface area contributed by atoms with E-state index in [-0.39, 0.29) is 18.7 Å². The molecule has 1 N–H and O–H groups in total. The number of hydrogen-bond donors (Lipinski definition) is 1. The number of ether oxygens (including phenoxy) is 2. The molecular formula is C26H22ClF3N2O4. The highest BCUT2D eigenvalue weighted by molar-refractivity contribution is 6.30. The highest BCUT2D eigenvalue weighted by Crippen LogP contribution is 2.34. The van der Waals surface area contributed by atoms with Crippen LogP contribution in [-0.2, 0) is 16.9 Å². The Labute approximate surface area is 210 Å². The number of carbonyl (C=O) groups is 2. The largest absolute Gasteiger partial charge is 0.573 e. The highest BCUT2D eigenvalue weighted by atomic mass is 35.5. The van der Waals surface area contributed by atoms with E-state index in [0.717, 1.165) is 23.3 Å². The van der Waals surface area contributed by atoms with Crippen LogP contribution in [0.25, 0.3) is 0 Å². The lowest BCUT2D eigenvalue weighted by molar-refractivity contribution is -0.274. The SMILES string of the molecule is O=C(NC1(c2ccc(Cl)cc2)CCN(C(=O)OCc2ccccc2)C1)c1ccc(OC(F)(F)F)cc1. The van der Waals surface area contributed by atoms with Crippen molar-refractivity contribution in [3.8, 4) is 5.75 Å². The van der Waals surface area contributed by atoms with E-state index in [9.17, 15) is 22.8 Å². The molecule has 0 spiro atoms. The van der Waals surface area contributed by atoms with Crippen LogP contribution in [0, 0.1) is 0 Å². The van der Waals surface area contributed by atoms with Gasteiger partial charge in [-0.15, -0.1) is 13.2 Å². The molecule has 1 aliphatic rings. The Balaban J connectivity index is 1.50. The van der Waals surface area contributed by atoms with Crippen LogP contribution in [0.15, 0.2) is 78.9 Å². The van der Waals surface area contributed by atoms with E-state index in [1.165, 1.54) is 17.0 Å². The van der Waals surface area contributed by atoms with Gasteiger partial charge in [-0.25, -0.2) is 4.79 Å². The maximum atomic E-state index is 13.1. The predicted molar refractivity (Wildman–Crippen MR) is 127 cm³/mol. The number of rotatable bonds is 6. The number of halogens is 4. The van der Waals surface area contributed by atoms with Gasteiger partial charge in [-0.05, 0) is 53.9 Å². The molecule has 3 aromatic rings. The van der Waals surface area contributed by atoms with Crippen molar-refractivity contribution in [2.75, 3.05) is 13.1 Å². The number of nitrogens with one attached hydrogen (secondary N) is 1. The minimum atomic E-state index is -4.83. The van der Waals surface area contributed by atoms with Gasteiger partial charge in [0, 0.05) is 17.1 Å². The van der Waals surface area contributed by atoms with Crippen molar-refractivity contribution >= 4 is 23.6 Å². The van der Waals surface area contributed by atoms with Crippen LogP contribution < -0.4 is 10.1 Å². The third-order valence-electron chi connectivity index (χ3n) is 5.83. The molecule has 1 fully saturated rings. The van der Waals surface area contributed by atoms with Crippen molar-refractivity contribution in [1.82, 2.24) is 10.2 Å². The zero-order chi connectivity index (χ0) is 25.8. The summed E-state index contributed by atoms with van der Waals surface area (Å²) in [6.45, 7) is 0.584. The minimum Gasteiger partial charge on any atom is -0.445 e. The number of benzene rings is 3. The summed E-state index contributed by atoms with van der Waals surface area (Å²) in [5.74, 6) is -0.942. The van der Waals surface area contributed by atoms with Crippen LogP contribution >= 0.6 is 11.6 Å². The number of carbonyl (C=O) groups excluding carboxylic acids is 2. The summed E-state index contributed by atoms with van der Waals surface area (Å²) in [5, 5.41) is 3.49. The van der Waals surface area contributed by atoms with Crippen molar-refractivity contribution in [2.45, 2.75) is 24.9 Å². The third kappa shape index (κ3) is 6.28. The first-order valence-corrected chi connectivity index (χ1v) is 11.4. The zero-order valence-electron chi connectivity index (χ0n) is 18.9. The van der Waals surface area contributed by atoms with Gasteiger partial charge in [-0.2, -0.15) is 0 Å². The average molecular weight is 519 g/mol. The van der Waals surface area contributed by atoms with Gasteiger partial charge >= 0.3 is 12.5 Å². The molecule has 1 aliphatic heterocycles. The fourth-order valence-corrected chi connectivity index (χ4v) is 4.18. The molecule has 3 aromatic carbocycles. The molecule has 0 radical (unpaired) electrons. The maximum Gasteiger partial charge on any atom is 0.573 e. The molecule has 36 heavy (non-hydrogen) atoms. The molecule has 1 saturated heterocycles. The number of likely N-dealkylation sites (tertiary alicyclic amines) is 1. The van der Waals surface area contributed by atoms with Crippen LogP contribution in [0.2, 0.25) is 5.02 Å². The van der Waals surface area contributed by atoms with Crippen molar-refractivity contribution in [1.29, 1.82) is 0 Å². The van der Waals surface area contributed by atoms with Gasteiger partial charge in [0.15, 0.2) is 0 Å². The third-order valence-corrected chi connectivity index (χ3v) is 6.08. The average Bonchev–Trinajstić information content (AvgIpc) is 3.28. The molecule has 6 nitrogen and oxygen atoms in total. The van der Waals surface area contributed by atoms with Crippen molar-refractivity contribution in [2.24, 2.45) is 0 Å². The summed E-state index contributed by atoms with van der Waals surface area (Å²) in [7, 11) is 0. The summed E-state index contributed by atoms with van der Waals surface area (Å²) in [4.78, 5) is 27.4. The molecule has 0 aliphatic carbocycles. The van der Waals surface area contributed by atoms with Crippen LogP contribution in [0.3, 0.4) is 0 Å². The summed E-state index contributed by atoms with van der Waals surface area (Å²) in [5.41, 5.74) is 0.771. The molecule has 0 bridgehead atoms. The lowest BCUT2D eigenvalue weighted by Gasteiger charge is -2.31. The summed E-state index contributed by atoms with van der Waals surface area (Å²) in [6, 6.07) is 20.8. The lowest BCUT2D eigenvalue weighted by Crippen LogP contribution is -2.48. The Morgan fingerprint density at radius 3 is 2.28 bits per heavy atom. The summed E-state index contributed by atoms with van der Waals surface area (Å²) >= 11 is 6.04. The molecule has 10 heteroatoms. The monoisotopic (exact) mass is 518 g/mol. The first kappa shape index (κ1) is 25.4. The van der Waals surface area contributed by atoms with Crippen LogP contribution in [-0.4, -0.2) is 36.4 Å². The van der Waals surface area contributed by atoms with Gasteiger partial charge in [0.1, 0.15) is 12.4 Å². The number of nitrogens with zero attached hydrogens (tertiary/aromatic N) is 1. The summed E-state index contributed by atoms with van der Waals surface area (Å²) < 4.78 is 46.6. The van der Waals surface area contributed by atoms with E-state index < -0.39 is 29.7 Å². The number of hydrogen-bond acceptors (Lipinski definition) is 4. The maximum absolute atomic E-state index is 13.1. The molecule has 1 unspecified atom stereocenters. The van der Waals surface area contributed by atoms with E-state index >= 15 is 0 Å². The highest BCUT2D eigenvalue weighted by Gasteiger charge is 2.43. The van der Waals surface area contributed by atoms with Crippen molar-refractivity contribution in [3.05, 3.63) is 101 Å². The van der Waals surface area contributed by atoms with Crippen LogP contribution in [0.5, 0.6) is 5.75 Å². The molecule has 188 valence electrons. The van der Waals surface area contributed by atoms with E-state index in [1.807, 2.05) is 30.3 Å². The van der Waals surface area contributed by atoms with Crippen molar-refractivity contribution < 1.29 is 32.2 Å². The fraction of sp³-hybridized carbons (Fsp3) is 0.231. The Hall–Kier alpha value is -3.72. The minimum absolute atomic E-state index is 0.114. The molecule has 1 heterocycles. The number of alkyl halides is 3. The fourth-order valence-electron chi connectivity index (χ4n) is 4.05. The second kappa shape index (κ2) is 10.5. The quantitative estimate of drug-likeness (QED) is 0.441. The van der Waals surface area contributed by atoms with E-state index in [2.05, 4.69) is 10.1 Å². The van der Waals surface area contributed by atoms with Crippen LogP contribution in [0.1, 0.15) is 27.9 Å². The Morgan fingerprint density at radius 1 is 0.972 bits per heavy atom. The molecule has 0 saturated carbocycles. The normalized spacial score (nSPS) is 17.5. The molecule has 0 aromatic heterocycles. The molecule has 2 amide bonds. The zero-order valence-corrected chi connectivity index (χ0v) is 19.7. The first-order chi connectivity index (χ1) is 17.1. The van der Waals surface area contributed by atoms with Crippen LogP contribution in [0.4, 0.5) is 18.0 Å². The van der Waals surface area contributed by atoms with Gasteiger partial charge in [-0.1, -0.05) is 54.1 Å². The van der Waals surface area contributed by atoms with E-state index in [4.69, 9.17) is 16.3 Å². The van der Waals surface area contributed by atoms with E-state index in [1.54, 1.807) is 24.3 Å². The Morgan fingerprint density at radius 2 is 1.64 bits per heavy atom. The molecular weight excluding hydrogens is 497 g/mol. The number of amides is 2. The predicted octanol–water partition coefficient (Wildman–Crippen LogP) is 5.91. The van der Waals surface area contributed by atoms with Gasteiger partial charge in [0.25, 0.3) is 5.91 Å². The summed E-state index contributed by atoms with van der Waals surface area (Å²) in [6.07, 6.45) is -4.95. The van der Waals surface area contributed by atoms with Gasteiger partial charge in [0.05, 0.1) is 12.1 Å². The second-order valence-corrected chi connectivity index (χ2v) is 8.76. The lowest BCUT2D eigenvalue weighted by atomic mass is 9.88. The topological polar surface area (TPSA) is 67.9 Å². The Kier molecular flexibility index (Phi) is 7.40. The Bertz CT molecular complexity index is 1200. The van der Waals surface area contributed by atoms with Gasteiger partial charge in [-0.3, -0.25) is 4.79 Å². The smallest absolute Gasteiger partial charge is 0.445 e. The van der Waals surface area contributed by atoms with Crippen molar-refractivity contribution in [3.63, 3.8) is 0 Å². The van der Waals surface area contributed by atoms with Gasteiger partial charge in [0.2, 0.25) is 0 Å². The molecule has 4 rings (SSSR count). The standard InChI is InChI=1S/C26H22ClF3N2O4/c27-21-10-8-20(9-11-21)25(31-23(33)19-6-12-22(13-7-19)36-26(28,29)30)14-15-32(17-25)24(34)35-16-18-4-2-1-3-5-18/h1-13H,14-17H2,(H,31,33). The first-order valence-electron chi connectivity index (χ1n) is 11.0. The molecule has 1 atom stereocenters. The van der Waals surface area contributed by atoms with E-state index in [0.29, 0.717) is 18.0 Å².